The van der Waals surface area contributed by atoms with Crippen molar-refractivity contribution in [1.29, 1.82) is 0 Å². The smallest absolute Gasteiger partial charge is 0.115 e. The van der Waals surface area contributed by atoms with Crippen LogP contribution in [0.15, 0.2) is 0 Å². The molecule has 1 rings (SSSR count). The van der Waals surface area contributed by atoms with Crippen molar-refractivity contribution < 1.29 is 4.74 Å². The molecule has 0 heterocycles. The van der Waals surface area contributed by atoms with Gasteiger partial charge in [-0.3, -0.25) is 0 Å². The second-order valence-corrected chi connectivity index (χ2v) is 2.40. The van der Waals surface area contributed by atoms with Crippen LogP contribution >= 0.6 is 0 Å². The van der Waals surface area contributed by atoms with Gasteiger partial charge in [0, 0.05) is 0 Å². The molecule has 0 spiro atoms. The van der Waals surface area contributed by atoms with E-state index >= 15 is 0 Å². The molecule has 0 aliphatic heterocycles. The first-order valence-electron chi connectivity index (χ1n) is 3.29. The van der Waals surface area contributed by atoms with Crippen LogP contribution in [0.25, 0.3) is 0 Å². The average Bonchev–Trinajstić information content (AvgIpc) is 1.90. The van der Waals surface area contributed by atoms with Gasteiger partial charge in [-0.1, -0.05) is 19.3 Å². The van der Waals surface area contributed by atoms with Crippen molar-refractivity contribution in [2.24, 2.45) is 0 Å². The standard InChI is InChI=1S/C7H12O/c1-8-7-5-3-2-4-6-7/h1,7H,2-6H2. The van der Waals surface area contributed by atoms with E-state index in [1.165, 1.54) is 19.3 Å². The Morgan fingerprint density at radius 2 is 1.75 bits per heavy atom. The number of ether oxygens (including phenoxy) is 1. The van der Waals surface area contributed by atoms with Crippen molar-refractivity contribution in [2.75, 3.05) is 0 Å². The Balaban J connectivity index is 2.13. The zero-order valence-corrected chi connectivity index (χ0v) is 5.10. The van der Waals surface area contributed by atoms with Crippen molar-refractivity contribution >= 4 is 0 Å². The first-order valence-corrected chi connectivity index (χ1v) is 3.29. The van der Waals surface area contributed by atoms with Gasteiger partial charge in [-0.2, -0.15) is 0 Å². The Hall–Kier alpha value is -0.0400. The van der Waals surface area contributed by atoms with Crippen LogP contribution in [0, 0.1) is 7.11 Å². The molecule has 0 bridgehead atoms. The lowest BCUT2D eigenvalue weighted by Gasteiger charge is -2.18. The van der Waals surface area contributed by atoms with E-state index in [9.17, 15) is 0 Å². The summed E-state index contributed by atoms with van der Waals surface area (Å²) in [6.07, 6.45) is 6.64. The topological polar surface area (TPSA) is 9.23 Å². The second kappa shape index (κ2) is 3.08. The minimum absolute atomic E-state index is 0.365. The van der Waals surface area contributed by atoms with Crippen molar-refractivity contribution in [3.05, 3.63) is 7.11 Å². The molecule has 1 aliphatic carbocycles. The molecule has 1 heteroatoms. The Morgan fingerprint density at radius 1 is 1.12 bits per heavy atom. The van der Waals surface area contributed by atoms with E-state index in [-0.39, 0.29) is 0 Å². The Labute approximate surface area is 51.0 Å². The van der Waals surface area contributed by atoms with Crippen molar-refractivity contribution in [1.82, 2.24) is 0 Å². The zero-order valence-electron chi connectivity index (χ0n) is 5.10. The number of rotatable bonds is 1. The maximum Gasteiger partial charge on any atom is 0.115 e. The summed E-state index contributed by atoms with van der Waals surface area (Å²) in [6, 6.07) is 0. The summed E-state index contributed by atoms with van der Waals surface area (Å²) in [7, 11) is 5.00. The van der Waals surface area contributed by atoms with E-state index in [1.807, 2.05) is 0 Å². The maximum atomic E-state index is 5.00. The van der Waals surface area contributed by atoms with Crippen LogP contribution in [-0.2, 0) is 4.74 Å². The summed E-state index contributed by atoms with van der Waals surface area (Å²) in [4.78, 5) is 0. The predicted octanol–water partition coefficient (Wildman–Crippen LogP) is 2.00. The third kappa shape index (κ3) is 1.48. The molecule has 1 aliphatic rings. The van der Waals surface area contributed by atoms with Gasteiger partial charge in [0.05, 0.1) is 6.10 Å². The molecule has 0 aromatic heterocycles. The fourth-order valence-corrected chi connectivity index (χ4v) is 1.20. The molecule has 0 N–H and O–H groups in total. The van der Waals surface area contributed by atoms with Crippen LogP contribution < -0.4 is 0 Å². The van der Waals surface area contributed by atoms with Crippen LogP contribution in [0.5, 0.6) is 0 Å². The molecule has 1 fully saturated rings. The third-order valence-electron chi connectivity index (χ3n) is 1.74. The average molecular weight is 112 g/mol. The van der Waals surface area contributed by atoms with E-state index in [1.54, 1.807) is 0 Å². The van der Waals surface area contributed by atoms with Gasteiger partial charge in [-0.15, -0.1) is 0 Å². The van der Waals surface area contributed by atoms with Gasteiger partial charge in [-0.25, -0.2) is 0 Å². The molecule has 0 saturated heterocycles. The molecule has 1 nitrogen and oxygen atoms in total. The number of hydrogen-bond donors (Lipinski definition) is 0. The zero-order chi connectivity index (χ0) is 5.82. The quantitative estimate of drug-likeness (QED) is 0.504. The van der Waals surface area contributed by atoms with Gasteiger partial charge in [-0.05, 0) is 12.8 Å². The molecular formula is C7H12O. The molecule has 0 aromatic carbocycles. The first-order chi connectivity index (χ1) is 3.93. The summed E-state index contributed by atoms with van der Waals surface area (Å²) < 4.78 is 4.69. The largest absolute Gasteiger partial charge is 0.369 e. The summed E-state index contributed by atoms with van der Waals surface area (Å²) in [5.41, 5.74) is 0. The minimum atomic E-state index is 0.365. The summed E-state index contributed by atoms with van der Waals surface area (Å²) in [5, 5.41) is 0. The third-order valence-corrected chi connectivity index (χ3v) is 1.74. The fraction of sp³-hybridized carbons (Fsp3) is 0.857. The van der Waals surface area contributed by atoms with Gasteiger partial charge in [0.2, 0.25) is 0 Å². The van der Waals surface area contributed by atoms with Gasteiger partial charge in [0.15, 0.2) is 0 Å². The predicted molar refractivity (Wildman–Crippen MR) is 32.3 cm³/mol. The Bertz CT molecular complexity index is 55.4. The van der Waals surface area contributed by atoms with E-state index in [0.29, 0.717) is 6.10 Å². The molecule has 8 heavy (non-hydrogen) atoms. The summed E-state index contributed by atoms with van der Waals surface area (Å²) >= 11 is 0. The van der Waals surface area contributed by atoms with E-state index in [0.717, 1.165) is 12.8 Å². The van der Waals surface area contributed by atoms with Crippen molar-refractivity contribution in [2.45, 2.75) is 38.2 Å². The molecule has 0 atom stereocenters. The van der Waals surface area contributed by atoms with Crippen LogP contribution in [0.4, 0.5) is 0 Å². The van der Waals surface area contributed by atoms with Crippen LogP contribution in [-0.4, -0.2) is 6.10 Å². The molecule has 0 aromatic rings. The maximum absolute atomic E-state index is 5.00. The van der Waals surface area contributed by atoms with E-state index < -0.39 is 0 Å². The minimum Gasteiger partial charge on any atom is -0.369 e. The van der Waals surface area contributed by atoms with Crippen molar-refractivity contribution in [3.63, 3.8) is 0 Å². The molecule has 0 amide bonds. The Morgan fingerprint density at radius 3 is 2.12 bits per heavy atom. The SMILES string of the molecule is [CH]OC1CCCCC1. The normalized spacial score (nSPS) is 23.6. The highest BCUT2D eigenvalue weighted by Crippen LogP contribution is 2.19. The van der Waals surface area contributed by atoms with Crippen molar-refractivity contribution in [3.8, 4) is 0 Å². The van der Waals surface area contributed by atoms with E-state index in [4.69, 9.17) is 11.8 Å². The van der Waals surface area contributed by atoms with E-state index in [2.05, 4.69) is 0 Å². The highest BCUT2D eigenvalue weighted by atomic mass is 16.5. The fourth-order valence-electron chi connectivity index (χ4n) is 1.20. The molecule has 2 radical (unpaired) electrons. The van der Waals surface area contributed by atoms with Gasteiger partial charge in [0.25, 0.3) is 0 Å². The van der Waals surface area contributed by atoms with Crippen LogP contribution in [0.2, 0.25) is 0 Å². The monoisotopic (exact) mass is 112 g/mol. The van der Waals surface area contributed by atoms with Gasteiger partial charge in [0.1, 0.15) is 7.11 Å². The van der Waals surface area contributed by atoms with Crippen LogP contribution in [0.1, 0.15) is 32.1 Å². The Kier molecular flexibility index (Phi) is 2.34. The lowest BCUT2D eigenvalue weighted by atomic mass is 9.98. The van der Waals surface area contributed by atoms with Gasteiger partial charge < -0.3 is 4.74 Å². The molecule has 1 saturated carbocycles. The number of hydrogen-bond acceptors (Lipinski definition) is 1. The second-order valence-electron chi connectivity index (χ2n) is 2.40. The molecule has 46 valence electrons. The summed E-state index contributed by atoms with van der Waals surface area (Å²) in [5.74, 6) is 0. The molecular weight excluding hydrogens is 100 g/mol. The van der Waals surface area contributed by atoms with Gasteiger partial charge >= 0.3 is 0 Å². The lowest BCUT2D eigenvalue weighted by Crippen LogP contribution is -2.12. The molecule has 0 unspecified atom stereocenters. The highest BCUT2D eigenvalue weighted by Gasteiger charge is 2.10. The lowest BCUT2D eigenvalue weighted by molar-refractivity contribution is 0.101. The highest BCUT2D eigenvalue weighted by molar-refractivity contribution is 4.64. The summed E-state index contributed by atoms with van der Waals surface area (Å²) in [6.45, 7) is 0. The van der Waals surface area contributed by atoms with Crippen LogP contribution in [0.3, 0.4) is 0 Å². The first kappa shape index (κ1) is 6.09.